The Morgan fingerprint density at radius 2 is 1.55 bits per heavy atom. The van der Waals surface area contributed by atoms with Gasteiger partial charge in [-0.3, -0.25) is 14.4 Å². The molecule has 0 heterocycles. The van der Waals surface area contributed by atoms with E-state index >= 15 is 0 Å². The van der Waals surface area contributed by atoms with Gasteiger partial charge in [-0.15, -0.1) is 0 Å². The van der Waals surface area contributed by atoms with E-state index in [1.807, 2.05) is 36.4 Å². The highest BCUT2D eigenvalue weighted by Crippen LogP contribution is 2.26. The number of unbranched alkanes of at least 4 members (excludes halogenated alkanes) is 8. The van der Waals surface area contributed by atoms with Crippen LogP contribution in [0, 0.1) is 0 Å². The molecule has 0 aromatic heterocycles. The molecule has 44 heavy (non-hydrogen) atoms. The zero-order valence-corrected chi connectivity index (χ0v) is 26.9. The molecule has 1 atom stereocenters. The fourth-order valence-electron chi connectivity index (χ4n) is 4.37. The van der Waals surface area contributed by atoms with Gasteiger partial charge in [0.2, 0.25) is 0 Å². The van der Waals surface area contributed by atoms with E-state index in [-0.39, 0.29) is 42.9 Å². The lowest BCUT2D eigenvalue weighted by Gasteiger charge is -2.15. The van der Waals surface area contributed by atoms with Gasteiger partial charge < -0.3 is 24.6 Å². The van der Waals surface area contributed by atoms with E-state index in [1.165, 1.54) is 39.4 Å². The van der Waals surface area contributed by atoms with E-state index in [4.69, 9.17) is 14.2 Å². The monoisotopic (exact) mass is 611 g/mol. The zero-order chi connectivity index (χ0) is 32.3. The van der Waals surface area contributed by atoms with E-state index in [0.29, 0.717) is 12.2 Å². The summed E-state index contributed by atoms with van der Waals surface area (Å²) >= 11 is 0. The Morgan fingerprint density at radius 3 is 2.20 bits per heavy atom. The number of ether oxygens (including phenoxy) is 3. The molecular weight excluding hydrogens is 558 g/mol. The highest BCUT2D eigenvalue weighted by atomic mass is 16.5. The van der Waals surface area contributed by atoms with E-state index in [1.54, 1.807) is 12.1 Å². The molecule has 0 spiro atoms. The Labute approximate surface area is 264 Å². The van der Waals surface area contributed by atoms with Crippen molar-refractivity contribution >= 4 is 17.8 Å². The van der Waals surface area contributed by atoms with Gasteiger partial charge in [0.15, 0.2) is 18.1 Å². The van der Waals surface area contributed by atoms with Crippen LogP contribution >= 0.6 is 0 Å². The quantitative estimate of drug-likeness (QED) is 0.0841. The fourth-order valence-corrected chi connectivity index (χ4v) is 4.37. The van der Waals surface area contributed by atoms with Crippen molar-refractivity contribution in [2.45, 2.75) is 110 Å². The predicted molar refractivity (Wildman–Crippen MR) is 174 cm³/mol. The maximum Gasteiger partial charge on any atom is 0.306 e. The lowest BCUT2D eigenvalue weighted by molar-refractivity contribution is -0.148. The van der Waals surface area contributed by atoms with Crippen LogP contribution < -0.4 is 10.1 Å². The molecule has 0 aliphatic rings. The summed E-state index contributed by atoms with van der Waals surface area (Å²) < 4.78 is 15.5. The van der Waals surface area contributed by atoms with Crippen LogP contribution in [-0.4, -0.2) is 42.8 Å². The number of benzene rings is 2. The van der Waals surface area contributed by atoms with Crippen LogP contribution in [0.25, 0.3) is 0 Å². The van der Waals surface area contributed by atoms with Gasteiger partial charge in [-0.2, -0.15) is 0 Å². The summed E-state index contributed by atoms with van der Waals surface area (Å²) in [7, 11) is 1.46. The molecule has 0 aliphatic heterocycles. The van der Waals surface area contributed by atoms with Crippen LogP contribution in [0.15, 0.2) is 66.7 Å². The molecule has 0 bridgehead atoms. The SMILES string of the molecule is CCCCCCC(C/C=C\CCCCCCCC(=O)OCC(=O)NCc1ccc(O)c(OC)c1)OC(C)=O.c1ccccc1. The molecule has 0 saturated carbocycles. The van der Waals surface area contributed by atoms with Crippen LogP contribution in [0.3, 0.4) is 0 Å². The highest BCUT2D eigenvalue weighted by molar-refractivity contribution is 5.80. The topological polar surface area (TPSA) is 111 Å². The van der Waals surface area contributed by atoms with Crippen molar-refractivity contribution in [3.8, 4) is 11.5 Å². The maximum atomic E-state index is 11.9. The first-order valence-electron chi connectivity index (χ1n) is 16.0. The second-order valence-electron chi connectivity index (χ2n) is 10.7. The summed E-state index contributed by atoms with van der Waals surface area (Å²) in [5.74, 6) is -0.598. The number of allylic oxidation sites excluding steroid dienone is 1. The summed E-state index contributed by atoms with van der Waals surface area (Å²) in [6.07, 6.45) is 16.9. The summed E-state index contributed by atoms with van der Waals surface area (Å²) in [5, 5.41) is 12.3. The Kier molecular flexibility index (Phi) is 22.3. The average molecular weight is 612 g/mol. The van der Waals surface area contributed by atoms with Gasteiger partial charge in [-0.05, 0) is 49.8 Å². The zero-order valence-electron chi connectivity index (χ0n) is 26.9. The van der Waals surface area contributed by atoms with Crippen molar-refractivity contribution < 1.29 is 33.7 Å². The third-order valence-electron chi connectivity index (χ3n) is 6.79. The van der Waals surface area contributed by atoms with Gasteiger partial charge in [0.1, 0.15) is 6.10 Å². The molecule has 2 aromatic rings. The second kappa shape index (κ2) is 25.7. The number of amides is 1. The molecule has 0 aliphatic carbocycles. The van der Waals surface area contributed by atoms with Crippen LogP contribution in [0.5, 0.6) is 11.5 Å². The standard InChI is InChI=1S/C30H47NO7.C6H6/c1-4-5-6-13-16-26(38-24(2)32)17-14-11-9-7-8-10-12-15-18-30(35)37-23-29(34)31-22-25-19-20-27(33)28(21-25)36-3;1-2-4-6-5-3-1/h11,14,19-21,26,33H,4-10,12-13,15-18,22-23H2,1-3H3,(H,31,34);1-6H/b14-11-;. The fraction of sp³-hybridized carbons (Fsp3) is 0.528. The predicted octanol–water partition coefficient (Wildman–Crippen LogP) is 7.83. The normalized spacial score (nSPS) is 11.2. The van der Waals surface area contributed by atoms with Gasteiger partial charge >= 0.3 is 11.9 Å². The molecule has 2 aromatic carbocycles. The van der Waals surface area contributed by atoms with Crippen molar-refractivity contribution in [2.24, 2.45) is 0 Å². The van der Waals surface area contributed by atoms with Crippen molar-refractivity contribution in [1.82, 2.24) is 5.32 Å². The minimum absolute atomic E-state index is 0.0187. The minimum Gasteiger partial charge on any atom is -0.504 e. The molecule has 244 valence electrons. The smallest absolute Gasteiger partial charge is 0.306 e. The first-order valence-corrected chi connectivity index (χ1v) is 16.0. The third-order valence-corrected chi connectivity index (χ3v) is 6.79. The Hall–Kier alpha value is -3.81. The van der Waals surface area contributed by atoms with E-state index < -0.39 is 0 Å². The third kappa shape index (κ3) is 21.0. The number of nitrogens with one attached hydrogen (secondary N) is 1. The highest BCUT2D eigenvalue weighted by Gasteiger charge is 2.10. The van der Waals surface area contributed by atoms with Crippen LogP contribution in [-0.2, 0) is 30.4 Å². The van der Waals surface area contributed by atoms with Gasteiger partial charge in [0, 0.05) is 26.3 Å². The molecule has 8 heteroatoms. The van der Waals surface area contributed by atoms with Gasteiger partial charge in [-0.25, -0.2) is 0 Å². The maximum absolute atomic E-state index is 11.9. The largest absolute Gasteiger partial charge is 0.504 e. The molecule has 1 amide bonds. The molecule has 0 fully saturated rings. The van der Waals surface area contributed by atoms with Crippen LogP contribution in [0.4, 0.5) is 0 Å². The molecule has 2 N–H and O–H groups in total. The number of hydrogen-bond acceptors (Lipinski definition) is 7. The number of aromatic hydroxyl groups is 1. The number of phenolic OH excluding ortho intramolecular Hbond substituents is 1. The van der Waals surface area contributed by atoms with Crippen LogP contribution in [0.1, 0.15) is 103 Å². The Morgan fingerprint density at radius 1 is 0.886 bits per heavy atom. The Balaban J connectivity index is 0.00000143. The number of methoxy groups -OCH3 is 1. The van der Waals surface area contributed by atoms with Crippen molar-refractivity contribution in [3.63, 3.8) is 0 Å². The van der Waals surface area contributed by atoms with E-state index in [9.17, 15) is 19.5 Å². The van der Waals surface area contributed by atoms with Gasteiger partial charge in [0.05, 0.1) is 7.11 Å². The number of esters is 2. The second-order valence-corrected chi connectivity index (χ2v) is 10.7. The lowest BCUT2D eigenvalue weighted by atomic mass is 10.1. The minimum atomic E-state index is -0.380. The number of phenols is 1. The van der Waals surface area contributed by atoms with Gasteiger partial charge in [0.25, 0.3) is 5.91 Å². The van der Waals surface area contributed by atoms with Gasteiger partial charge in [-0.1, -0.05) is 100 Å². The number of carbonyl (C=O) groups excluding carboxylic acids is 3. The molecule has 0 radical (unpaired) electrons. The first-order chi connectivity index (χ1) is 21.3. The van der Waals surface area contributed by atoms with E-state index in [0.717, 1.165) is 63.4 Å². The molecule has 0 saturated heterocycles. The lowest BCUT2D eigenvalue weighted by Crippen LogP contribution is -2.28. The summed E-state index contributed by atoms with van der Waals surface area (Å²) in [4.78, 5) is 35.1. The number of rotatable bonds is 21. The number of carbonyl (C=O) groups is 3. The summed E-state index contributed by atoms with van der Waals surface area (Å²) in [5.41, 5.74) is 0.763. The first kappa shape index (κ1) is 38.2. The average Bonchev–Trinajstić information content (AvgIpc) is 3.03. The van der Waals surface area contributed by atoms with Crippen molar-refractivity contribution in [1.29, 1.82) is 0 Å². The molecule has 1 unspecified atom stereocenters. The van der Waals surface area contributed by atoms with Crippen molar-refractivity contribution in [3.05, 3.63) is 72.3 Å². The summed E-state index contributed by atoms with van der Waals surface area (Å²) in [6.45, 7) is 3.59. The molecule has 2 rings (SSSR count). The molecular formula is C36H53NO7. The Bertz CT molecular complexity index is 1040. The molecule has 8 nitrogen and oxygen atoms in total. The van der Waals surface area contributed by atoms with E-state index in [2.05, 4.69) is 24.4 Å². The van der Waals surface area contributed by atoms with Crippen molar-refractivity contribution in [2.75, 3.05) is 13.7 Å². The van der Waals surface area contributed by atoms with Crippen LogP contribution in [0.2, 0.25) is 0 Å². The number of hydrogen-bond donors (Lipinski definition) is 2. The summed E-state index contributed by atoms with van der Waals surface area (Å²) in [6, 6.07) is 16.8.